The number of carbonyl (C=O) groups is 2. The van der Waals surface area contributed by atoms with Gasteiger partial charge in [-0.3, -0.25) is 14.6 Å². The van der Waals surface area contributed by atoms with Crippen LogP contribution in [0.2, 0.25) is 0 Å². The van der Waals surface area contributed by atoms with Crippen LogP contribution in [0.1, 0.15) is 50.5 Å². The Labute approximate surface area is 178 Å². The molecule has 1 aliphatic heterocycles. The highest BCUT2D eigenvalue weighted by Crippen LogP contribution is 2.36. The molecule has 2 aromatic rings. The molecule has 1 saturated carbocycles. The van der Waals surface area contributed by atoms with Gasteiger partial charge in [0.05, 0.1) is 5.41 Å². The summed E-state index contributed by atoms with van der Waals surface area (Å²) in [5.41, 5.74) is 8.50. The minimum Gasteiger partial charge on any atom is -0.369 e. The standard InChI is InChI=1S/C25H31N3O2/c26-24(30)25(12-15-28(18-25)23(29)16-19-4-2-1-3-5-19)17-20-6-8-21(9-7-20)22-10-13-27-14-11-22/h6-11,13-14,19H,1-5,12,15-18H2,(H2,26,30)/t25-/m1/s1. The molecule has 0 spiro atoms. The summed E-state index contributed by atoms with van der Waals surface area (Å²) in [7, 11) is 0. The normalized spacial score (nSPS) is 22.2. The van der Waals surface area contributed by atoms with Gasteiger partial charge in [0.2, 0.25) is 11.8 Å². The van der Waals surface area contributed by atoms with Gasteiger partial charge in [-0.2, -0.15) is 0 Å². The van der Waals surface area contributed by atoms with E-state index in [4.69, 9.17) is 5.73 Å². The van der Waals surface area contributed by atoms with Gasteiger partial charge >= 0.3 is 0 Å². The van der Waals surface area contributed by atoms with E-state index in [1.165, 1.54) is 19.3 Å². The van der Waals surface area contributed by atoms with Crippen molar-refractivity contribution in [3.05, 3.63) is 54.4 Å². The molecule has 0 radical (unpaired) electrons. The largest absolute Gasteiger partial charge is 0.369 e. The van der Waals surface area contributed by atoms with Crippen molar-refractivity contribution >= 4 is 11.8 Å². The highest BCUT2D eigenvalue weighted by molar-refractivity contribution is 5.84. The molecule has 30 heavy (non-hydrogen) atoms. The van der Waals surface area contributed by atoms with Crippen LogP contribution in [-0.2, 0) is 16.0 Å². The first-order chi connectivity index (χ1) is 14.6. The molecule has 4 rings (SSSR count). The van der Waals surface area contributed by atoms with Gasteiger partial charge in [0.1, 0.15) is 0 Å². The number of likely N-dealkylation sites (tertiary alicyclic amines) is 1. The first kappa shape index (κ1) is 20.6. The Morgan fingerprint density at radius 1 is 1.00 bits per heavy atom. The van der Waals surface area contributed by atoms with Crippen LogP contribution in [0.3, 0.4) is 0 Å². The number of benzene rings is 1. The summed E-state index contributed by atoms with van der Waals surface area (Å²) in [5, 5.41) is 0. The Morgan fingerprint density at radius 2 is 1.67 bits per heavy atom. The van der Waals surface area contributed by atoms with Gasteiger partial charge in [-0.05, 0) is 60.4 Å². The van der Waals surface area contributed by atoms with E-state index in [1.807, 2.05) is 17.0 Å². The van der Waals surface area contributed by atoms with Crippen LogP contribution in [-0.4, -0.2) is 34.8 Å². The zero-order chi connectivity index (χ0) is 21.0. The third-order valence-corrected chi connectivity index (χ3v) is 6.93. The Bertz CT molecular complexity index is 875. The lowest BCUT2D eigenvalue weighted by Gasteiger charge is -2.27. The summed E-state index contributed by atoms with van der Waals surface area (Å²) in [6.45, 7) is 1.07. The van der Waals surface area contributed by atoms with E-state index in [-0.39, 0.29) is 11.8 Å². The SMILES string of the molecule is NC(=O)[C@@]1(Cc2ccc(-c3ccncc3)cc2)CCN(C(=O)CC2CCCCC2)C1. The Kier molecular flexibility index (Phi) is 6.16. The second-order valence-electron chi connectivity index (χ2n) is 9.03. The van der Waals surface area contributed by atoms with E-state index in [2.05, 4.69) is 29.2 Å². The predicted octanol–water partition coefficient (Wildman–Crippen LogP) is 3.97. The van der Waals surface area contributed by atoms with Crippen LogP contribution in [0.5, 0.6) is 0 Å². The molecular formula is C25H31N3O2. The molecule has 0 unspecified atom stereocenters. The van der Waals surface area contributed by atoms with Gasteiger partial charge in [-0.15, -0.1) is 0 Å². The number of amides is 2. The number of carbonyl (C=O) groups excluding carboxylic acids is 2. The van der Waals surface area contributed by atoms with E-state index in [0.29, 0.717) is 38.3 Å². The summed E-state index contributed by atoms with van der Waals surface area (Å²) in [5.74, 6) is 0.405. The van der Waals surface area contributed by atoms with Crippen molar-refractivity contribution in [3.8, 4) is 11.1 Å². The lowest BCUT2D eigenvalue weighted by atomic mass is 9.80. The van der Waals surface area contributed by atoms with E-state index in [9.17, 15) is 9.59 Å². The Morgan fingerprint density at radius 3 is 2.33 bits per heavy atom. The highest BCUT2D eigenvalue weighted by atomic mass is 16.2. The third-order valence-electron chi connectivity index (χ3n) is 6.93. The van der Waals surface area contributed by atoms with Crippen molar-refractivity contribution in [3.63, 3.8) is 0 Å². The van der Waals surface area contributed by atoms with Crippen LogP contribution in [0.25, 0.3) is 11.1 Å². The van der Waals surface area contributed by atoms with Crippen molar-refractivity contribution < 1.29 is 9.59 Å². The summed E-state index contributed by atoms with van der Waals surface area (Å²) in [4.78, 5) is 31.2. The van der Waals surface area contributed by atoms with Crippen molar-refractivity contribution in [2.24, 2.45) is 17.1 Å². The minimum atomic E-state index is -0.666. The van der Waals surface area contributed by atoms with E-state index >= 15 is 0 Å². The van der Waals surface area contributed by atoms with Gasteiger partial charge in [0, 0.05) is 31.9 Å². The van der Waals surface area contributed by atoms with Gasteiger partial charge < -0.3 is 10.6 Å². The molecular weight excluding hydrogens is 374 g/mol. The molecule has 1 aromatic heterocycles. The number of aromatic nitrogens is 1. The topological polar surface area (TPSA) is 76.3 Å². The van der Waals surface area contributed by atoms with Crippen molar-refractivity contribution in [2.45, 2.75) is 51.4 Å². The van der Waals surface area contributed by atoms with E-state index < -0.39 is 5.41 Å². The molecule has 1 saturated heterocycles. The first-order valence-corrected chi connectivity index (χ1v) is 11.1. The molecule has 2 N–H and O–H groups in total. The van der Waals surface area contributed by atoms with Gasteiger partial charge in [0.15, 0.2) is 0 Å². The number of hydrogen-bond donors (Lipinski definition) is 1. The number of pyridine rings is 1. The number of nitrogens with zero attached hydrogens (tertiary/aromatic N) is 2. The monoisotopic (exact) mass is 405 g/mol. The van der Waals surface area contributed by atoms with E-state index in [0.717, 1.165) is 29.5 Å². The quantitative estimate of drug-likeness (QED) is 0.790. The van der Waals surface area contributed by atoms with Crippen molar-refractivity contribution in [1.29, 1.82) is 0 Å². The fourth-order valence-electron chi connectivity index (χ4n) is 5.04. The number of primary amides is 1. The minimum absolute atomic E-state index is 0.193. The summed E-state index contributed by atoms with van der Waals surface area (Å²) < 4.78 is 0. The molecule has 0 bridgehead atoms. The van der Waals surface area contributed by atoms with Gasteiger partial charge in [-0.1, -0.05) is 43.5 Å². The molecule has 158 valence electrons. The maximum Gasteiger partial charge on any atom is 0.225 e. The first-order valence-electron chi connectivity index (χ1n) is 11.1. The molecule has 5 heteroatoms. The maximum atomic E-state index is 12.8. The smallest absolute Gasteiger partial charge is 0.225 e. The van der Waals surface area contributed by atoms with Crippen molar-refractivity contribution in [2.75, 3.05) is 13.1 Å². The zero-order valence-corrected chi connectivity index (χ0v) is 17.6. The van der Waals surface area contributed by atoms with Crippen LogP contribution in [0.15, 0.2) is 48.8 Å². The van der Waals surface area contributed by atoms with Gasteiger partial charge in [-0.25, -0.2) is 0 Å². The third kappa shape index (κ3) is 4.55. The summed E-state index contributed by atoms with van der Waals surface area (Å²) in [6, 6.07) is 12.2. The molecule has 1 aromatic carbocycles. The van der Waals surface area contributed by atoms with Crippen molar-refractivity contribution in [1.82, 2.24) is 9.88 Å². The lowest BCUT2D eigenvalue weighted by molar-refractivity contribution is -0.133. The molecule has 1 atom stereocenters. The maximum absolute atomic E-state index is 12.8. The molecule has 2 aliphatic rings. The van der Waals surface area contributed by atoms with Crippen LogP contribution >= 0.6 is 0 Å². The Hall–Kier alpha value is -2.69. The summed E-state index contributed by atoms with van der Waals surface area (Å²) >= 11 is 0. The number of rotatable bonds is 6. The van der Waals surface area contributed by atoms with E-state index in [1.54, 1.807) is 12.4 Å². The summed E-state index contributed by atoms with van der Waals surface area (Å²) in [6.07, 6.45) is 11.5. The average Bonchev–Trinajstić information content (AvgIpc) is 3.21. The average molecular weight is 406 g/mol. The molecule has 5 nitrogen and oxygen atoms in total. The highest BCUT2D eigenvalue weighted by Gasteiger charge is 2.44. The van der Waals surface area contributed by atoms with Gasteiger partial charge in [0.25, 0.3) is 0 Å². The second-order valence-corrected chi connectivity index (χ2v) is 9.03. The fraction of sp³-hybridized carbons (Fsp3) is 0.480. The van der Waals surface area contributed by atoms with Crippen LogP contribution < -0.4 is 5.73 Å². The molecule has 1 aliphatic carbocycles. The fourth-order valence-corrected chi connectivity index (χ4v) is 5.04. The molecule has 2 fully saturated rings. The molecule has 2 heterocycles. The number of hydrogen-bond acceptors (Lipinski definition) is 3. The lowest BCUT2D eigenvalue weighted by Crippen LogP contribution is -2.42. The second kappa shape index (κ2) is 8.99. The Balaban J connectivity index is 1.42. The zero-order valence-electron chi connectivity index (χ0n) is 17.6. The van der Waals surface area contributed by atoms with Crippen LogP contribution in [0, 0.1) is 11.3 Å². The van der Waals surface area contributed by atoms with Crippen LogP contribution in [0.4, 0.5) is 0 Å². The molecule has 2 amide bonds. The number of nitrogens with two attached hydrogens (primary N) is 1. The predicted molar refractivity (Wildman–Crippen MR) is 117 cm³/mol.